The minimum absolute atomic E-state index is 0.330. The number of nitrogens with one attached hydrogen (secondary N) is 1. The van der Waals surface area contributed by atoms with Gasteiger partial charge < -0.3 is 9.88 Å². The predicted molar refractivity (Wildman–Crippen MR) is 87.4 cm³/mol. The van der Waals surface area contributed by atoms with Crippen LogP contribution in [0, 0.1) is 0 Å². The molecule has 1 unspecified atom stereocenters. The van der Waals surface area contributed by atoms with Gasteiger partial charge in [-0.15, -0.1) is 0 Å². The molecule has 3 heteroatoms. The Hall–Kier alpha value is -1.77. The maximum Gasteiger partial charge on any atom is 0.203 e. The number of rotatable bonds is 5. The average molecular weight is 283 g/mol. The van der Waals surface area contributed by atoms with Crippen molar-refractivity contribution in [3.63, 3.8) is 0 Å². The lowest BCUT2D eigenvalue weighted by Gasteiger charge is -2.26. The van der Waals surface area contributed by atoms with Crippen LogP contribution in [-0.4, -0.2) is 9.55 Å². The number of anilines is 1. The molecule has 1 heterocycles. The number of hydrogen-bond acceptors (Lipinski definition) is 2. The summed E-state index contributed by atoms with van der Waals surface area (Å²) in [6.45, 7) is 2.22. The first-order valence-corrected chi connectivity index (χ1v) is 8.23. The number of nitrogens with zero attached hydrogens (tertiary/aromatic N) is 2. The van der Waals surface area contributed by atoms with E-state index in [1.54, 1.807) is 0 Å². The summed E-state index contributed by atoms with van der Waals surface area (Å²) in [6, 6.07) is 11.6. The Morgan fingerprint density at radius 3 is 2.67 bits per heavy atom. The molecular formula is C18H25N3. The molecule has 1 N–H and O–H groups in total. The van der Waals surface area contributed by atoms with Gasteiger partial charge in [-0.2, -0.15) is 0 Å². The van der Waals surface area contributed by atoms with Gasteiger partial charge >= 0.3 is 0 Å². The van der Waals surface area contributed by atoms with Gasteiger partial charge in [0.25, 0.3) is 0 Å². The van der Waals surface area contributed by atoms with Crippen LogP contribution >= 0.6 is 0 Å². The summed E-state index contributed by atoms with van der Waals surface area (Å²) in [6.07, 6.45) is 11.8. The molecule has 0 saturated heterocycles. The number of hydrogen-bond donors (Lipinski definition) is 1. The molecular weight excluding hydrogens is 258 g/mol. The van der Waals surface area contributed by atoms with Crippen molar-refractivity contribution in [1.29, 1.82) is 0 Å². The number of aromatic nitrogens is 2. The van der Waals surface area contributed by atoms with Crippen LogP contribution < -0.4 is 5.32 Å². The highest BCUT2D eigenvalue weighted by Gasteiger charge is 2.19. The molecule has 0 amide bonds. The number of imidazole rings is 1. The van der Waals surface area contributed by atoms with E-state index < -0.39 is 0 Å². The molecule has 1 atom stereocenters. The molecule has 1 fully saturated rings. The Kier molecular flexibility index (Phi) is 4.59. The second-order valence-corrected chi connectivity index (χ2v) is 5.97. The quantitative estimate of drug-likeness (QED) is 0.841. The maximum atomic E-state index is 4.56. The van der Waals surface area contributed by atoms with Crippen molar-refractivity contribution >= 4 is 5.95 Å². The minimum atomic E-state index is 0.330. The molecule has 1 aliphatic rings. The topological polar surface area (TPSA) is 29.9 Å². The Bertz CT molecular complexity index is 541. The van der Waals surface area contributed by atoms with Crippen molar-refractivity contribution in [3.05, 3.63) is 48.3 Å². The Balaban J connectivity index is 1.76. The van der Waals surface area contributed by atoms with E-state index in [4.69, 9.17) is 0 Å². The van der Waals surface area contributed by atoms with Crippen molar-refractivity contribution in [2.24, 2.45) is 0 Å². The van der Waals surface area contributed by atoms with Crippen LogP contribution in [0.15, 0.2) is 42.7 Å². The van der Waals surface area contributed by atoms with Crippen molar-refractivity contribution in [1.82, 2.24) is 9.55 Å². The molecule has 0 radical (unpaired) electrons. The van der Waals surface area contributed by atoms with Gasteiger partial charge in [-0.25, -0.2) is 4.98 Å². The zero-order chi connectivity index (χ0) is 14.5. The molecule has 0 bridgehead atoms. The number of benzene rings is 1. The van der Waals surface area contributed by atoms with Crippen LogP contribution in [0.1, 0.15) is 63.1 Å². The highest BCUT2D eigenvalue weighted by Crippen LogP contribution is 2.31. The van der Waals surface area contributed by atoms with E-state index in [-0.39, 0.29) is 0 Å². The van der Waals surface area contributed by atoms with E-state index in [0.717, 1.165) is 12.4 Å². The fraction of sp³-hybridized carbons (Fsp3) is 0.500. The standard InChI is InChI=1S/C18H25N3/c1-2-17(15-9-5-3-6-10-15)20-18-19-13-14-21(18)16-11-7-4-8-12-16/h3,5-6,9-10,13-14,16-17H,2,4,7-8,11-12H2,1H3,(H,19,20). The lowest BCUT2D eigenvalue weighted by atomic mass is 9.95. The molecule has 1 aromatic heterocycles. The third-order valence-electron chi connectivity index (χ3n) is 4.55. The Morgan fingerprint density at radius 2 is 1.95 bits per heavy atom. The van der Waals surface area contributed by atoms with Crippen molar-refractivity contribution < 1.29 is 0 Å². The van der Waals surface area contributed by atoms with Gasteiger partial charge in [-0.1, -0.05) is 56.5 Å². The third-order valence-corrected chi connectivity index (χ3v) is 4.55. The van der Waals surface area contributed by atoms with Gasteiger partial charge in [0, 0.05) is 18.4 Å². The van der Waals surface area contributed by atoms with Crippen LogP contribution in [0.5, 0.6) is 0 Å². The third kappa shape index (κ3) is 3.29. The zero-order valence-corrected chi connectivity index (χ0v) is 12.8. The summed E-state index contributed by atoms with van der Waals surface area (Å²) in [5, 5.41) is 3.64. The molecule has 0 spiro atoms. The average Bonchev–Trinajstić information content (AvgIpc) is 3.02. The smallest absolute Gasteiger partial charge is 0.203 e. The molecule has 1 aliphatic carbocycles. The highest BCUT2D eigenvalue weighted by atomic mass is 15.2. The van der Waals surface area contributed by atoms with E-state index in [1.807, 2.05) is 6.20 Å². The SMILES string of the molecule is CCC(Nc1nccn1C1CCCCC1)c1ccccc1. The van der Waals surface area contributed by atoms with Crippen molar-refractivity contribution in [2.75, 3.05) is 5.32 Å². The maximum absolute atomic E-state index is 4.56. The van der Waals surface area contributed by atoms with E-state index in [1.165, 1.54) is 37.7 Å². The largest absolute Gasteiger partial charge is 0.349 e. The van der Waals surface area contributed by atoms with E-state index in [9.17, 15) is 0 Å². The first-order chi connectivity index (χ1) is 10.4. The lowest BCUT2D eigenvalue weighted by Crippen LogP contribution is -2.18. The summed E-state index contributed by atoms with van der Waals surface area (Å²) in [5.74, 6) is 1.03. The molecule has 3 rings (SSSR count). The van der Waals surface area contributed by atoms with Gasteiger partial charge in [0.15, 0.2) is 0 Å². The summed E-state index contributed by atoms with van der Waals surface area (Å²) in [7, 11) is 0. The summed E-state index contributed by atoms with van der Waals surface area (Å²) >= 11 is 0. The molecule has 2 aromatic rings. The summed E-state index contributed by atoms with van der Waals surface area (Å²) in [5.41, 5.74) is 1.33. The molecule has 3 nitrogen and oxygen atoms in total. The summed E-state index contributed by atoms with van der Waals surface area (Å²) < 4.78 is 2.35. The fourth-order valence-electron chi connectivity index (χ4n) is 3.34. The van der Waals surface area contributed by atoms with Crippen LogP contribution in [0.3, 0.4) is 0 Å². The van der Waals surface area contributed by atoms with Gasteiger partial charge in [0.2, 0.25) is 5.95 Å². The van der Waals surface area contributed by atoms with E-state index >= 15 is 0 Å². The Morgan fingerprint density at radius 1 is 1.19 bits per heavy atom. The highest BCUT2D eigenvalue weighted by molar-refractivity contribution is 5.33. The van der Waals surface area contributed by atoms with Gasteiger partial charge in [-0.3, -0.25) is 0 Å². The first-order valence-electron chi connectivity index (χ1n) is 8.23. The lowest BCUT2D eigenvalue weighted by molar-refractivity contribution is 0.355. The van der Waals surface area contributed by atoms with E-state index in [2.05, 4.69) is 58.3 Å². The Labute approximate surface area is 127 Å². The second-order valence-electron chi connectivity index (χ2n) is 5.97. The molecule has 21 heavy (non-hydrogen) atoms. The predicted octanol–water partition coefficient (Wildman–Crippen LogP) is 4.95. The van der Waals surface area contributed by atoms with Crippen LogP contribution in [0.2, 0.25) is 0 Å². The molecule has 1 aromatic carbocycles. The van der Waals surface area contributed by atoms with Crippen LogP contribution in [0.25, 0.3) is 0 Å². The normalized spacial score (nSPS) is 17.6. The molecule has 0 aliphatic heterocycles. The minimum Gasteiger partial charge on any atom is -0.349 e. The van der Waals surface area contributed by atoms with Crippen LogP contribution in [-0.2, 0) is 0 Å². The zero-order valence-electron chi connectivity index (χ0n) is 12.8. The van der Waals surface area contributed by atoms with Gasteiger partial charge in [-0.05, 0) is 24.8 Å². The van der Waals surface area contributed by atoms with Crippen LogP contribution in [0.4, 0.5) is 5.95 Å². The molecule has 112 valence electrons. The van der Waals surface area contributed by atoms with E-state index in [0.29, 0.717) is 12.1 Å². The second kappa shape index (κ2) is 6.79. The van der Waals surface area contributed by atoms with Gasteiger partial charge in [0.05, 0.1) is 6.04 Å². The fourth-order valence-corrected chi connectivity index (χ4v) is 3.34. The van der Waals surface area contributed by atoms with Gasteiger partial charge in [0.1, 0.15) is 0 Å². The summed E-state index contributed by atoms with van der Waals surface area (Å²) in [4.78, 5) is 4.56. The van der Waals surface area contributed by atoms with Crippen molar-refractivity contribution in [3.8, 4) is 0 Å². The monoisotopic (exact) mass is 283 g/mol. The van der Waals surface area contributed by atoms with Crippen molar-refractivity contribution in [2.45, 2.75) is 57.5 Å². The first kappa shape index (κ1) is 14.2. The molecule has 1 saturated carbocycles.